The molecule has 0 atom stereocenters. The first-order valence-corrected chi connectivity index (χ1v) is 4.52. The van der Waals surface area contributed by atoms with Crippen molar-refractivity contribution < 1.29 is 35.3 Å². The Labute approximate surface area is 76.9 Å². The van der Waals surface area contributed by atoms with E-state index in [1.54, 1.807) is 0 Å². The van der Waals surface area contributed by atoms with Gasteiger partial charge in [0.05, 0.1) is 6.26 Å². The van der Waals surface area contributed by atoms with Gasteiger partial charge in [0.15, 0.2) is 0 Å². The standard InChI is InChI=1S/C5H6F4O4S/c1-2-3-13-4(6,7)5(8,9)14(10,11)12/h2-3H,1H3,(H,10,11,12). The number of halogens is 4. The minimum absolute atomic E-state index is 0.180. The van der Waals surface area contributed by atoms with Crippen molar-refractivity contribution in [1.29, 1.82) is 0 Å². The fraction of sp³-hybridized carbons (Fsp3) is 0.600. The number of alkyl halides is 4. The van der Waals surface area contributed by atoms with Gasteiger partial charge in [0.1, 0.15) is 0 Å². The van der Waals surface area contributed by atoms with Crippen LogP contribution in [0.25, 0.3) is 0 Å². The molecule has 0 spiro atoms. The van der Waals surface area contributed by atoms with Crippen LogP contribution >= 0.6 is 0 Å². The van der Waals surface area contributed by atoms with Crippen LogP contribution in [0.1, 0.15) is 6.92 Å². The van der Waals surface area contributed by atoms with Crippen LogP contribution in [0.5, 0.6) is 0 Å². The molecule has 0 aliphatic carbocycles. The van der Waals surface area contributed by atoms with Crippen molar-refractivity contribution in [3.63, 3.8) is 0 Å². The minimum atomic E-state index is -6.23. The third kappa shape index (κ3) is 2.35. The zero-order valence-electron chi connectivity index (χ0n) is 6.75. The maximum Gasteiger partial charge on any atom is 0.482 e. The Morgan fingerprint density at radius 3 is 2.00 bits per heavy atom. The molecule has 0 unspecified atom stereocenters. The summed E-state index contributed by atoms with van der Waals surface area (Å²) in [5.41, 5.74) is 0. The highest BCUT2D eigenvalue weighted by Gasteiger charge is 2.68. The molecule has 84 valence electrons. The highest BCUT2D eigenvalue weighted by Crippen LogP contribution is 2.39. The first-order chi connectivity index (χ1) is 6.06. The number of hydrogen-bond acceptors (Lipinski definition) is 3. The highest BCUT2D eigenvalue weighted by atomic mass is 32.2. The summed E-state index contributed by atoms with van der Waals surface area (Å²) in [6, 6.07) is 0. The Hall–Kier alpha value is -0.830. The summed E-state index contributed by atoms with van der Waals surface area (Å²) in [5.74, 6) is 0. The molecule has 0 aliphatic rings. The maximum absolute atomic E-state index is 12.3. The fourth-order valence-electron chi connectivity index (χ4n) is 0.372. The van der Waals surface area contributed by atoms with E-state index < -0.39 is 21.5 Å². The van der Waals surface area contributed by atoms with Gasteiger partial charge in [-0.2, -0.15) is 26.0 Å². The molecule has 4 nitrogen and oxygen atoms in total. The molecule has 9 heteroatoms. The van der Waals surface area contributed by atoms with Crippen molar-refractivity contribution in [2.75, 3.05) is 0 Å². The van der Waals surface area contributed by atoms with Crippen LogP contribution < -0.4 is 0 Å². The van der Waals surface area contributed by atoms with Crippen LogP contribution in [-0.2, 0) is 14.9 Å². The lowest BCUT2D eigenvalue weighted by atomic mass is 10.6. The molecule has 0 rings (SSSR count). The summed E-state index contributed by atoms with van der Waals surface area (Å²) >= 11 is 0. The summed E-state index contributed by atoms with van der Waals surface area (Å²) in [6.45, 7) is 1.18. The number of rotatable bonds is 4. The van der Waals surface area contributed by atoms with E-state index >= 15 is 0 Å². The Morgan fingerprint density at radius 2 is 1.71 bits per heavy atom. The molecule has 0 radical (unpaired) electrons. The second-order valence-corrected chi connectivity index (χ2v) is 3.56. The van der Waals surface area contributed by atoms with Gasteiger partial charge in [-0.15, -0.1) is 0 Å². The van der Waals surface area contributed by atoms with Gasteiger partial charge in [0, 0.05) is 0 Å². The average Bonchev–Trinajstić information content (AvgIpc) is 1.98. The Morgan fingerprint density at radius 1 is 1.29 bits per heavy atom. The van der Waals surface area contributed by atoms with Crippen LogP contribution in [0.4, 0.5) is 17.6 Å². The van der Waals surface area contributed by atoms with E-state index in [1.807, 2.05) is 0 Å². The molecule has 0 aromatic carbocycles. The van der Waals surface area contributed by atoms with Crippen LogP contribution in [0.15, 0.2) is 12.3 Å². The topological polar surface area (TPSA) is 63.6 Å². The molecule has 0 bridgehead atoms. The molecule has 0 aliphatic heterocycles. The Balaban J connectivity index is 5.07. The van der Waals surface area contributed by atoms with E-state index in [0.717, 1.165) is 6.08 Å². The van der Waals surface area contributed by atoms with Gasteiger partial charge in [0.2, 0.25) is 0 Å². The zero-order chi connectivity index (χ0) is 11.6. The van der Waals surface area contributed by atoms with Crippen LogP contribution in [0.2, 0.25) is 0 Å². The van der Waals surface area contributed by atoms with Gasteiger partial charge in [-0.05, 0) is 6.92 Å². The molecule has 0 amide bonds. The largest absolute Gasteiger partial charge is 0.482 e. The van der Waals surface area contributed by atoms with E-state index in [-0.39, 0.29) is 6.26 Å². The van der Waals surface area contributed by atoms with Gasteiger partial charge in [-0.25, -0.2) is 0 Å². The average molecular weight is 238 g/mol. The minimum Gasteiger partial charge on any atom is -0.435 e. The molecule has 1 N–H and O–H groups in total. The van der Waals surface area contributed by atoms with E-state index in [0.29, 0.717) is 0 Å². The molecular formula is C5H6F4O4S. The smallest absolute Gasteiger partial charge is 0.435 e. The van der Waals surface area contributed by atoms with Crippen LogP contribution in [0, 0.1) is 0 Å². The summed E-state index contributed by atoms with van der Waals surface area (Å²) in [6.07, 6.45) is -4.31. The van der Waals surface area contributed by atoms with E-state index in [4.69, 9.17) is 4.55 Å². The Kier molecular flexibility index (Phi) is 3.51. The monoisotopic (exact) mass is 238 g/mol. The maximum atomic E-state index is 12.3. The van der Waals surface area contributed by atoms with Gasteiger partial charge < -0.3 is 4.74 Å². The highest BCUT2D eigenvalue weighted by molar-refractivity contribution is 7.86. The van der Waals surface area contributed by atoms with Crippen LogP contribution in [0.3, 0.4) is 0 Å². The van der Waals surface area contributed by atoms with Gasteiger partial charge in [-0.1, -0.05) is 6.08 Å². The van der Waals surface area contributed by atoms with Gasteiger partial charge in [-0.3, -0.25) is 4.55 Å². The summed E-state index contributed by atoms with van der Waals surface area (Å²) in [7, 11) is -6.23. The van der Waals surface area contributed by atoms with Crippen molar-refractivity contribution in [2.24, 2.45) is 0 Å². The van der Waals surface area contributed by atoms with Crippen molar-refractivity contribution in [2.45, 2.75) is 18.3 Å². The number of hydrogen-bond donors (Lipinski definition) is 1. The molecule has 14 heavy (non-hydrogen) atoms. The normalized spacial score (nSPS) is 14.7. The molecule has 0 aromatic rings. The van der Waals surface area contributed by atoms with E-state index in [2.05, 4.69) is 4.74 Å². The fourth-order valence-corrected chi connectivity index (χ4v) is 0.721. The van der Waals surface area contributed by atoms with Crippen molar-refractivity contribution in [1.82, 2.24) is 0 Å². The van der Waals surface area contributed by atoms with E-state index in [9.17, 15) is 26.0 Å². The van der Waals surface area contributed by atoms with Gasteiger partial charge >= 0.3 is 21.5 Å². The van der Waals surface area contributed by atoms with E-state index in [1.165, 1.54) is 6.92 Å². The second-order valence-electron chi connectivity index (χ2n) is 2.10. The first-order valence-electron chi connectivity index (χ1n) is 3.08. The van der Waals surface area contributed by atoms with Crippen LogP contribution in [-0.4, -0.2) is 24.3 Å². The second kappa shape index (κ2) is 3.73. The van der Waals surface area contributed by atoms with Crippen molar-refractivity contribution >= 4 is 10.1 Å². The summed E-state index contributed by atoms with van der Waals surface area (Å²) in [4.78, 5) is 0. The predicted molar refractivity (Wildman–Crippen MR) is 37.3 cm³/mol. The molecule has 0 aromatic heterocycles. The third-order valence-electron chi connectivity index (χ3n) is 1.01. The molecule has 0 heterocycles. The lowest BCUT2D eigenvalue weighted by Gasteiger charge is -2.21. The van der Waals surface area contributed by atoms with Crippen molar-refractivity contribution in [3.8, 4) is 0 Å². The number of allylic oxidation sites excluding steroid dienone is 1. The molecule has 0 fully saturated rings. The third-order valence-corrected chi connectivity index (χ3v) is 1.90. The number of ether oxygens (including phenoxy) is 1. The van der Waals surface area contributed by atoms with Crippen molar-refractivity contribution in [3.05, 3.63) is 12.3 Å². The SMILES string of the molecule is CC=COC(F)(F)C(F)(F)S(=O)(=O)O. The molecule has 0 saturated heterocycles. The Bertz CT molecular complexity index is 321. The lowest BCUT2D eigenvalue weighted by molar-refractivity contribution is -0.294. The van der Waals surface area contributed by atoms with Gasteiger partial charge in [0.25, 0.3) is 0 Å². The molecular weight excluding hydrogens is 232 g/mol. The summed E-state index contributed by atoms with van der Waals surface area (Å²) < 4.78 is 80.0. The first kappa shape index (κ1) is 13.2. The quantitative estimate of drug-likeness (QED) is 0.459. The summed E-state index contributed by atoms with van der Waals surface area (Å²) in [5, 5.41) is -5.69. The zero-order valence-corrected chi connectivity index (χ0v) is 7.56. The lowest BCUT2D eigenvalue weighted by Crippen LogP contribution is -2.47. The molecule has 0 saturated carbocycles. The predicted octanol–water partition coefficient (Wildman–Crippen LogP) is 1.61.